The lowest BCUT2D eigenvalue weighted by Gasteiger charge is -1.89. The van der Waals surface area contributed by atoms with Crippen molar-refractivity contribution < 1.29 is 5.11 Å². The maximum atomic E-state index is 8.96. The fourth-order valence-corrected chi connectivity index (χ4v) is 3.48. The van der Waals surface area contributed by atoms with Gasteiger partial charge < -0.3 is 5.11 Å². The molecule has 0 saturated heterocycles. The molecule has 0 bridgehead atoms. The van der Waals surface area contributed by atoms with Gasteiger partial charge in [0.1, 0.15) is 5.01 Å². The fraction of sp³-hybridized carbons (Fsp3) is 0.167. The quantitative estimate of drug-likeness (QED) is 0.789. The van der Waals surface area contributed by atoms with E-state index in [0.717, 1.165) is 27.6 Å². The molecule has 0 atom stereocenters. The molecule has 0 spiro atoms. The second-order valence-corrected chi connectivity index (χ2v) is 5.70. The number of aromatic nitrogens is 2. The highest BCUT2D eigenvalue weighted by molar-refractivity contribution is 7.18. The summed E-state index contributed by atoms with van der Waals surface area (Å²) in [5.74, 6) is 0. The van der Waals surface area contributed by atoms with Crippen molar-refractivity contribution in [3.8, 4) is 0 Å². The van der Waals surface area contributed by atoms with Gasteiger partial charge in [0.2, 0.25) is 0 Å². The van der Waals surface area contributed by atoms with Crippen LogP contribution in [0.1, 0.15) is 15.7 Å². The Kier molecular flexibility index (Phi) is 2.88. The highest BCUT2D eigenvalue weighted by Gasteiger charge is 2.07. The molecule has 2 heterocycles. The van der Waals surface area contributed by atoms with Gasteiger partial charge in [-0.05, 0) is 12.1 Å². The zero-order valence-corrected chi connectivity index (χ0v) is 10.6. The molecule has 0 radical (unpaired) electrons. The van der Waals surface area contributed by atoms with Crippen LogP contribution in [0.15, 0.2) is 29.6 Å². The van der Waals surface area contributed by atoms with Crippen LogP contribution in [0.3, 0.4) is 0 Å². The Bertz CT molecular complexity index is 612. The lowest BCUT2D eigenvalue weighted by Crippen LogP contribution is -1.88. The summed E-state index contributed by atoms with van der Waals surface area (Å²) in [7, 11) is 0. The van der Waals surface area contributed by atoms with Crippen molar-refractivity contribution in [3.63, 3.8) is 0 Å². The Morgan fingerprint density at radius 3 is 2.76 bits per heavy atom. The third kappa shape index (κ3) is 2.22. The largest absolute Gasteiger partial charge is 0.390 e. The second kappa shape index (κ2) is 4.52. The average Bonchev–Trinajstić information content (AvgIpc) is 2.94. The molecule has 3 nitrogen and oxygen atoms in total. The van der Waals surface area contributed by atoms with Crippen molar-refractivity contribution in [1.82, 2.24) is 9.97 Å². The molecule has 2 aromatic heterocycles. The molecular formula is C12H10N2OS2. The van der Waals surface area contributed by atoms with Crippen LogP contribution in [0.2, 0.25) is 0 Å². The molecule has 3 aromatic rings. The van der Waals surface area contributed by atoms with Crippen LogP contribution < -0.4 is 0 Å². The highest BCUT2D eigenvalue weighted by atomic mass is 32.1. The van der Waals surface area contributed by atoms with E-state index in [4.69, 9.17) is 5.11 Å². The van der Waals surface area contributed by atoms with Crippen LogP contribution in [-0.2, 0) is 13.0 Å². The van der Waals surface area contributed by atoms with Crippen molar-refractivity contribution in [2.45, 2.75) is 13.0 Å². The Balaban J connectivity index is 1.89. The molecule has 0 amide bonds. The van der Waals surface area contributed by atoms with E-state index >= 15 is 0 Å². The zero-order chi connectivity index (χ0) is 11.7. The van der Waals surface area contributed by atoms with Crippen LogP contribution in [0.25, 0.3) is 10.2 Å². The van der Waals surface area contributed by atoms with Gasteiger partial charge in [-0.3, -0.25) is 0 Å². The average molecular weight is 262 g/mol. The number of para-hydroxylation sites is 1. The lowest BCUT2D eigenvalue weighted by molar-refractivity contribution is 0.277. The molecule has 0 fully saturated rings. The first kappa shape index (κ1) is 10.8. The van der Waals surface area contributed by atoms with Gasteiger partial charge in [-0.25, -0.2) is 9.97 Å². The predicted molar refractivity (Wildman–Crippen MR) is 70.5 cm³/mol. The van der Waals surface area contributed by atoms with Gasteiger partial charge in [0.25, 0.3) is 0 Å². The molecule has 0 aliphatic heterocycles. The molecule has 86 valence electrons. The number of hydrogen-bond donors (Lipinski definition) is 1. The van der Waals surface area contributed by atoms with Crippen LogP contribution >= 0.6 is 22.7 Å². The maximum Gasteiger partial charge on any atom is 0.101 e. The van der Waals surface area contributed by atoms with Gasteiger partial charge in [-0.15, -0.1) is 22.7 Å². The Morgan fingerprint density at radius 1 is 1.12 bits per heavy atom. The number of hydrogen-bond acceptors (Lipinski definition) is 5. The summed E-state index contributed by atoms with van der Waals surface area (Å²) < 4.78 is 1.21. The van der Waals surface area contributed by atoms with E-state index in [1.807, 2.05) is 23.6 Å². The van der Waals surface area contributed by atoms with E-state index in [0.29, 0.717) is 0 Å². The van der Waals surface area contributed by atoms with Crippen LogP contribution in [0, 0.1) is 0 Å². The molecule has 0 saturated carbocycles. The lowest BCUT2D eigenvalue weighted by atomic mass is 10.3. The molecule has 5 heteroatoms. The normalized spacial score (nSPS) is 11.1. The number of rotatable bonds is 3. The third-order valence-electron chi connectivity index (χ3n) is 2.40. The van der Waals surface area contributed by atoms with Crippen molar-refractivity contribution in [3.05, 3.63) is 45.4 Å². The molecule has 0 unspecified atom stereocenters. The first-order valence-electron chi connectivity index (χ1n) is 5.24. The van der Waals surface area contributed by atoms with E-state index in [2.05, 4.69) is 16.0 Å². The van der Waals surface area contributed by atoms with Crippen molar-refractivity contribution in [1.29, 1.82) is 0 Å². The standard InChI is InChI=1S/C12H10N2OS2/c15-6-8-7-16-11(13-8)5-12-14-9-3-1-2-4-10(9)17-12/h1-4,7,15H,5-6H2. The third-order valence-corrected chi connectivity index (χ3v) is 4.34. The Morgan fingerprint density at radius 2 is 2.00 bits per heavy atom. The summed E-state index contributed by atoms with van der Waals surface area (Å²) in [6.45, 7) is 0.0103. The molecule has 1 N–H and O–H groups in total. The SMILES string of the molecule is OCc1csc(Cc2nc3ccccc3s2)n1. The maximum absolute atomic E-state index is 8.96. The van der Waals surface area contributed by atoms with Gasteiger partial charge in [-0.1, -0.05) is 12.1 Å². The first-order chi connectivity index (χ1) is 8.35. The molecule has 17 heavy (non-hydrogen) atoms. The van der Waals surface area contributed by atoms with Crippen molar-refractivity contribution >= 4 is 32.9 Å². The van der Waals surface area contributed by atoms with E-state index in [9.17, 15) is 0 Å². The monoisotopic (exact) mass is 262 g/mol. The fourth-order valence-electron chi connectivity index (χ4n) is 1.63. The predicted octanol–water partition coefficient (Wildman–Crippen LogP) is 2.84. The Labute approximate surface area is 106 Å². The van der Waals surface area contributed by atoms with Crippen LogP contribution in [0.4, 0.5) is 0 Å². The topological polar surface area (TPSA) is 46.0 Å². The van der Waals surface area contributed by atoms with E-state index in [-0.39, 0.29) is 6.61 Å². The van der Waals surface area contributed by atoms with Crippen molar-refractivity contribution in [2.24, 2.45) is 0 Å². The minimum atomic E-state index is 0.0103. The summed E-state index contributed by atoms with van der Waals surface area (Å²) >= 11 is 3.28. The minimum absolute atomic E-state index is 0.0103. The molecule has 0 aliphatic carbocycles. The van der Waals surface area contributed by atoms with E-state index < -0.39 is 0 Å². The molecule has 0 aliphatic rings. The molecular weight excluding hydrogens is 252 g/mol. The van der Waals surface area contributed by atoms with Crippen LogP contribution in [-0.4, -0.2) is 15.1 Å². The zero-order valence-electron chi connectivity index (χ0n) is 8.96. The number of benzene rings is 1. The summed E-state index contributed by atoms with van der Waals surface area (Å²) in [5, 5.41) is 12.9. The summed E-state index contributed by atoms with van der Waals surface area (Å²) in [6.07, 6.45) is 0.754. The van der Waals surface area contributed by atoms with Gasteiger partial charge in [0.15, 0.2) is 0 Å². The number of thiazole rings is 2. The smallest absolute Gasteiger partial charge is 0.101 e. The Hall–Kier alpha value is -1.30. The molecule has 3 rings (SSSR count). The summed E-state index contributed by atoms with van der Waals surface area (Å²) in [4.78, 5) is 8.90. The van der Waals surface area contributed by atoms with Gasteiger partial charge in [0, 0.05) is 5.38 Å². The van der Waals surface area contributed by atoms with Gasteiger partial charge >= 0.3 is 0 Å². The van der Waals surface area contributed by atoms with Gasteiger partial charge in [0.05, 0.1) is 33.9 Å². The number of aliphatic hydroxyl groups excluding tert-OH is 1. The minimum Gasteiger partial charge on any atom is -0.390 e. The summed E-state index contributed by atoms with van der Waals surface area (Å²) in [5.41, 5.74) is 1.79. The first-order valence-corrected chi connectivity index (χ1v) is 6.93. The van der Waals surface area contributed by atoms with E-state index in [1.165, 1.54) is 4.70 Å². The highest BCUT2D eigenvalue weighted by Crippen LogP contribution is 2.24. The number of aliphatic hydroxyl groups is 1. The van der Waals surface area contributed by atoms with Crippen molar-refractivity contribution in [2.75, 3.05) is 0 Å². The van der Waals surface area contributed by atoms with E-state index in [1.54, 1.807) is 22.7 Å². The summed E-state index contributed by atoms with van der Waals surface area (Å²) in [6, 6.07) is 8.13. The second-order valence-electron chi connectivity index (χ2n) is 3.64. The van der Waals surface area contributed by atoms with Gasteiger partial charge in [-0.2, -0.15) is 0 Å². The number of fused-ring (bicyclic) bond motifs is 1. The molecule has 1 aromatic carbocycles. The van der Waals surface area contributed by atoms with Crippen LogP contribution in [0.5, 0.6) is 0 Å². The number of nitrogens with zero attached hydrogens (tertiary/aromatic N) is 2.